The maximum absolute atomic E-state index is 6.31. The van der Waals surface area contributed by atoms with Crippen molar-refractivity contribution < 1.29 is 0 Å². The summed E-state index contributed by atoms with van der Waals surface area (Å²) in [5.41, 5.74) is 1.03. The lowest BCUT2D eigenvalue weighted by molar-refractivity contribution is 0.492. The van der Waals surface area contributed by atoms with Crippen molar-refractivity contribution >= 4 is 44.8 Å². The van der Waals surface area contributed by atoms with Crippen LogP contribution in [0, 0.1) is 0 Å². The molecule has 1 aromatic rings. The quantitative estimate of drug-likeness (QED) is 0.815. The number of nitrogens with zero attached hydrogens (tertiary/aromatic N) is 1. The van der Waals surface area contributed by atoms with E-state index < -0.39 is 0 Å². The van der Waals surface area contributed by atoms with Crippen LogP contribution in [0.5, 0.6) is 0 Å². The number of halogens is 3. The van der Waals surface area contributed by atoms with E-state index >= 15 is 0 Å². The fourth-order valence-electron chi connectivity index (χ4n) is 2.35. The smallest absolute Gasteiger partial charge is 0.0837 e. The molecule has 0 radical (unpaired) electrons. The first-order valence-corrected chi connectivity index (χ1v) is 7.68. The lowest BCUT2D eigenvalue weighted by Crippen LogP contribution is -2.37. The van der Waals surface area contributed by atoms with E-state index in [0.717, 1.165) is 29.7 Å². The predicted octanol–water partition coefficient (Wildman–Crippen LogP) is 4.33. The molecule has 0 bridgehead atoms. The van der Waals surface area contributed by atoms with Gasteiger partial charge in [-0.1, -0.05) is 37.0 Å². The van der Waals surface area contributed by atoms with Crippen LogP contribution in [0.25, 0.3) is 0 Å². The minimum atomic E-state index is 0.513. The van der Waals surface area contributed by atoms with Gasteiger partial charge in [0.1, 0.15) is 0 Å². The molecule has 1 N–H and O–H groups in total. The standard InChI is InChI=1S/C13H17BrCl2N2/c1-8(2)17-9-5-6-18(7-9)11-4-3-10(14)12(15)13(11)16/h3-4,8-9,17H,5-7H2,1-2H3. The lowest BCUT2D eigenvalue weighted by Gasteiger charge is -2.22. The van der Waals surface area contributed by atoms with Crippen LogP contribution in [-0.2, 0) is 0 Å². The van der Waals surface area contributed by atoms with E-state index in [1.54, 1.807) is 0 Å². The zero-order chi connectivity index (χ0) is 13.3. The molecule has 2 nitrogen and oxygen atoms in total. The molecular formula is C13H17BrCl2N2. The van der Waals surface area contributed by atoms with Gasteiger partial charge in [0.25, 0.3) is 0 Å². The Morgan fingerprint density at radius 2 is 2.06 bits per heavy atom. The number of nitrogens with one attached hydrogen (secondary N) is 1. The van der Waals surface area contributed by atoms with Gasteiger partial charge in [0.15, 0.2) is 0 Å². The van der Waals surface area contributed by atoms with Crippen LogP contribution >= 0.6 is 39.1 Å². The second-order valence-corrected chi connectivity index (χ2v) is 6.56. The van der Waals surface area contributed by atoms with E-state index in [-0.39, 0.29) is 0 Å². The van der Waals surface area contributed by atoms with E-state index in [0.29, 0.717) is 22.1 Å². The third-order valence-electron chi connectivity index (χ3n) is 3.11. The fourth-order valence-corrected chi connectivity index (χ4v) is 3.24. The molecule has 1 unspecified atom stereocenters. The minimum Gasteiger partial charge on any atom is -0.369 e. The summed E-state index contributed by atoms with van der Waals surface area (Å²) in [7, 11) is 0. The second kappa shape index (κ2) is 6.00. The van der Waals surface area contributed by atoms with E-state index in [9.17, 15) is 0 Å². The topological polar surface area (TPSA) is 15.3 Å². The second-order valence-electron chi connectivity index (χ2n) is 4.95. The summed E-state index contributed by atoms with van der Waals surface area (Å²) in [6, 6.07) is 5.02. The molecule has 2 rings (SSSR count). The molecule has 1 aliphatic rings. The van der Waals surface area contributed by atoms with Gasteiger partial charge in [-0.25, -0.2) is 0 Å². The van der Waals surface area contributed by atoms with Gasteiger partial charge in [0.05, 0.1) is 15.7 Å². The Morgan fingerprint density at radius 3 is 2.72 bits per heavy atom. The Bertz CT molecular complexity index is 437. The summed E-state index contributed by atoms with van der Waals surface area (Å²) in [4.78, 5) is 2.29. The monoisotopic (exact) mass is 350 g/mol. The zero-order valence-corrected chi connectivity index (χ0v) is 13.6. The molecule has 18 heavy (non-hydrogen) atoms. The largest absolute Gasteiger partial charge is 0.369 e. The highest BCUT2D eigenvalue weighted by Gasteiger charge is 2.25. The van der Waals surface area contributed by atoms with E-state index in [1.807, 2.05) is 12.1 Å². The highest BCUT2D eigenvalue weighted by atomic mass is 79.9. The Kier molecular flexibility index (Phi) is 4.81. The molecular weight excluding hydrogens is 335 g/mol. The Balaban J connectivity index is 2.12. The number of hydrogen-bond donors (Lipinski definition) is 1. The molecule has 1 heterocycles. The fraction of sp³-hybridized carbons (Fsp3) is 0.538. The lowest BCUT2D eigenvalue weighted by atomic mass is 10.2. The van der Waals surface area contributed by atoms with Crippen molar-refractivity contribution in [3.8, 4) is 0 Å². The molecule has 1 atom stereocenters. The predicted molar refractivity (Wildman–Crippen MR) is 83.1 cm³/mol. The van der Waals surface area contributed by atoms with Crippen molar-refractivity contribution in [2.24, 2.45) is 0 Å². The molecule has 100 valence electrons. The van der Waals surface area contributed by atoms with Crippen LogP contribution in [-0.4, -0.2) is 25.2 Å². The van der Waals surface area contributed by atoms with Gasteiger partial charge in [0.2, 0.25) is 0 Å². The van der Waals surface area contributed by atoms with Crippen molar-refractivity contribution in [3.63, 3.8) is 0 Å². The summed E-state index contributed by atoms with van der Waals surface area (Å²) in [5, 5.41) is 4.79. The minimum absolute atomic E-state index is 0.513. The van der Waals surface area contributed by atoms with E-state index in [1.165, 1.54) is 0 Å². The molecule has 0 aliphatic carbocycles. The summed E-state index contributed by atoms with van der Waals surface area (Å²) in [6.45, 7) is 6.34. The number of benzene rings is 1. The van der Waals surface area contributed by atoms with E-state index in [2.05, 4.69) is 40.0 Å². The van der Waals surface area contributed by atoms with Crippen molar-refractivity contribution in [2.45, 2.75) is 32.4 Å². The first-order valence-electron chi connectivity index (χ1n) is 6.13. The van der Waals surface area contributed by atoms with Gasteiger partial charge in [-0.15, -0.1) is 0 Å². The van der Waals surface area contributed by atoms with Crippen LogP contribution in [0.2, 0.25) is 10.0 Å². The SMILES string of the molecule is CC(C)NC1CCN(c2ccc(Br)c(Cl)c2Cl)C1. The number of anilines is 1. The van der Waals surface area contributed by atoms with Gasteiger partial charge in [-0.05, 0) is 34.5 Å². The normalized spacial score (nSPS) is 19.9. The maximum atomic E-state index is 6.31. The Hall–Kier alpha value is 0.0400. The first kappa shape index (κ1) is 14.4. The summed E-state index contributed by atoms with van der Waals surface area (Å²) in [6.07, 6.45) is 1.14. The number of rotatable bonds is 3. The van der Waals surface area contributed by atoms with Crippen molar-refractivity contribution in [1.82, 2.24) is 5.32 Å². The highest BCUT2D eigenvalue weighted by molar-refractivity contribution is 9.10. The summed E-state index contributed by atoms with van der Waals surface area (Å²) >= 11 is 15.9. The van der Waals surface area contributed by atoms with Crippen molar-refractivity contribution in [1.29, 1.82) is 0 Å². The van der Waals surface area contributed by atoms with Gasteiger partial charge in [-0.2, -0.15) is 0 Å². The van der Waals surface area contributed by atoms with Crippen LogP contribution in [0.15, 0.2) is 16.6 Å². The molecule has 5 heteroatoms. The first-order chi connectivity index (χ1) is 8.49. The van der Waals surface area contributed by atoms with Gasteiger partial charge >= 0.3 is 0 Å². The van der Waals surface area contributed by atoms with Gasteiger partial charge in [-0.3, -0.25) is 0 Å². The molecule has 0 amide bonds. The summed E-state index contributed by atoms with van der Waals surface area (Å²) < 4.78 is 0.842. The Labute approximate surface area is 127 Å². The molecule has 0 saturated carbocycles. The van der Waals surface area contributed by atoms with Gasteiger partial charge < -0.3 is 10.2 Å². The molecule has 1 saturated heterocycles. The average Bonchev–Trinajstić information content (AvgIpc) is 2.73. The zero-order valence-electron chi connectivity index (χ0n) is 10.5. The van der Waals surface area contributed by atoms with Crippen LogP contribution in [0.1, 0.15) is 20.3 Å². The van der Waals surface area contributed by atoms with Gasteiger partial charge in [0, 0.05) is 29.6 Å². The Morgan fingerprint density at radius 1 is 1.33 bits per heavy atom. The van der Waals surface area contributed by atoms with Crippen LogP contribution in [0.4, 0.5) is 5.69 Å². The van der Waals surface area contributed by atoms with Crippen LogP contribution in [0.3, 0.4) is 0 Å². The van der Waals surface area contributed by atoms with E-state index in [4.69, 9.17) is 23.2 Å². The summed E-state index contributed by atoms with van der Waals surface area (Å²) in [5.74, 6) is 0. The molecule has 1 aliphatic heterocycles. The average molecular weight is 352 g/mol. The van der Waals surface area contributed by atoms with Crippen molar-refractivity contribution in [2.75, 3.05) is 18.0 Å². The highest BCUT2D eigenvalue weighted by Crippen LogP contribution is 2.38. The number of hydrogen-bond acceptors (Lipinski definition) is 2. The van der Waals surface area contributed by atoms with Crippen molar-refractivity contribution in [3.05, 3.63) is 26.7 Å². The molecule has 0 aromatic heterocycles. The maximum Gasteiger partial charge on any atom is 0.0837 e. The molecule has 0 spiro atoms. The molecule has 1 aromatic carbocycles. The third-order valence-corrected chi connectivity index (χ3v) is 4.87. The van der Waals surface area contributed by atoms with Crippen LogP contribution < -0.4 is 10.2 Å². The third kappa shape index (κ3) is 3.13. The molecule has 1 fully saturated rings.